The van der Waals surface area contributed by atoms with E-state index in [4.69, 9.17) is 4.74 Å². The van der Waals surface area contributed by atoms with Gasteiger partial charge in [-0.25, -0.2) is 13.8 Å². The van der Waals surface area contributed by atoms with Gasteiger partial charge in [-0.2, -0.15) is 0 Å². The van der Waals surface area contributed by atoms with Crippen LogP contribution in [0.25, 0.3) is 0 Å². The number of ether oxygens (including phenoxy) is 1. The first kappa shape index (κ1) is 20.0. The van der Waals surface area contributed by atoms with Crippen LogP contribution in [0.15, 0.2) is 23.0 Å². The summed E-state index contributed by atoms with van der Waals surface area (Å²) in [6.45, 7) is 3.40. The quantitative estimate of drug-likeness (QED) is 0.821. The number of aromatic amines is 1. The molecule has 3 rings (SSSR count). The van der Waals surface area contributed by atoms with Crippen molar-refractivity contribution >= 4 is 5.91 Å². The fourth-order valence-corrected chi connectivity index (χ4v) is 3.51. The van der Waals surface area contributed by atoms with E-state index in [0.29, 0.717) is 42.8 Å². The molecule has 28 heavy (non-hydrogen) atoms. The summed E-state index contributed by atoms with van der Waals surface area (Å²) in [5, 5.41) is 2.94. The maximum absolute atomic E-state index is 13.2. The monoisotopic (exact) mass is 391 g/mol. The molecule has 1 fully saturated rings. The van der Waals surface area contributed by atoms with E-state index >= 15 is 0 Å². The smallest absolute Gasteiger partial charge is 0.254 e. The standard InChI is InChI=1S/C20H23F2N3O3/c1-11-18(20(27)24-12(2)23-11)10-19(26)25-15-3-5-16(6-4-15)28-17-8-13(21)7-14(22)9-17/h7-9,15-16H,3-6,10H2,1-2H3,(H,25,26)(H,23,24,27). The number of amides is 1. The third-order valence-corrected chi connectivity index (χ3v) is 4.86. The minimum Gasteiger partial charge on any atom is -0.490 e. The van der Waals surface area contributed by atoms with Gasteiger partial charge < -0.3 is 15.0 Å². The van der Waals surface area contributed by atoms with Gasteiger partial charge in [0, 0.05) is 35.5 Å². The topological polar surface area (TPSA) is 84.1 Å². The zero-order valence-corrected chi connectivity index (χ0v) is 15.9. The summed E-state index contributed by atoms with van der Waals surface area (Å²) in [5.74, 6) is -0.885. The molecule has 1 amide bonds. The number of hydrogen-bond acceptors (Lipinski definition) is 4. The van der Waals surface area contributed by atoms with Gasteiger partial charge in [-0.1, -0.05) is 0 Å². The summed E-state index contributed by atoms with van der Waals surface area (Å²) in [7, 11) is 0. The summed E-state index contributed by atoms with van der Waals surface area (Å²) in [6, 6.07) is 3.10. The maximum Gasteiger partial charge on any atom is 0.254 e. The second-order valence-electron chi connectivity index (χ2n) is 7.16. The first-order chi connectivity index (χ1) is 13.3. The number of halogens is 2. The van der Waals surface area contributed by atoms with E-state index in [2.05, 4.69) is 15.3 Å². The summed E-state index contributed by atoms with van der Waals surface area (Å²) in [6.07, 6.45) is 2.53. The van der Waals surface area contributed by atoms with Crippen LogP contribution in [0.4, 0.5) is 8.78 Å². The lowest BCUT2D eigenvalue weighted by Gasteiger charge is -2.29. The van der Waals surface area contributed by atoms with E-state index in [1.54, 1.807) is 13.8 Å². The van der Waals surface area contributed by atoms with Gasteiger partial charge in [-0.05, 0) is 39.5 Å². The molecule has 0 saturated heterocycles. The van der Waals surface area contributed by atoms with Gasteiger partial charge in [0.1, 0.15) is 23.2 Å². The molecule has 8 heteroatoms. The fraction of sp³-hybridized carbons (Fsp3) is 0.450. The highest BCUT2D eigenvalue weighted by molar-refractivity contribution is 5.79. The lowest BCUT2D eigenvalue weighted by atomic mass is 9.92. The Morgan fingerprint density at radius 1 is 1.18 bits per heavy atom. The molecule has 0 radical (unpaired) electrons. The predicted octanol–water partition coefficient (Wildman–Crippen LogP) is 2.71. The zero-order chi connectivity index (χ0) is 20.3. The molecule has 1 aromatic carbocycles. The number of aromatic nitrogens is 2. The van der Waals surface area contributed by atoms with Crippen molar-refractivity contribution in [3.8, 4) is 5.75 Å². The summed E-state index contributed by atoms with van der Waals surface area (Å²) >= 11 is 0. The molecule has 0 unspecified atom stereocenters. The van der Waals surface area contributed by atoms with Crippen LogP contribution < -0.4 is 15.6 Å². The van der Waals surface area contributed by atoms with Crippen LogP contribution in [0.5, 0.6) is 5.75 Å². The fourth-order valence-electron chi connectivity index (χ4n) is 3.51. The third kappa shape index (κ3) is 5.15. The van der Waals surface area contributed by atoms with Crippen molar-refractivity contribution in [1.29, 1.82) is 0 Å². The molecule has 1 aliphatic carbocycles. The number of H-pyrrole nitrogens is 1. The molecule has 0 atom stereocenters. The molecule has 1 saturated carbocycles. The van der Waals surface area contributed by atoms with Crippen LogP contribution in [-0.4, -0.2) is 28.0 Å². The van der Waals surface area contributed by atoms with E-state index in [9.17, 15) is 18.4 Å². The first-order valence-corrected chi connectivity index (χ1v) is 9.28. The van der Waals surface area contributed by atoms with E-state index in [0.717, 1.165) is 18.2 Å². The molecule has 150 valence electrons. The molecule has 0 bridgehead atoms. The molecular formula is C20H23F2N3O3. The highest BCUT2D eigenvalue weighted by atomic mass is 19.1. The number of hydrogen-bond donors (Lipinski definition) is 2. The summed E-state index contributed by atoms with van der Waals surface area (Å²) < 4.78 is 32.2. The van der Waals surface area contributed by atoms with Crippen molar-refractivity contribution in [2.24, 2.45) is 0 Å². The number of nitrogens with one attached hydrogen (secondary N) is 2. The summed E-state index contributed by atoms with van der Waals surface area (Å²) in [4.78, 5) is 31.1. The van der Waals surface area contributed by atoms with Crippen molar-refractivity contribution in [2.45, 2.75) is 58.1 Å². The largest absolute Gasteiger partial charge is 0.490 e. The Kier molecular flexibility index (Phi) is 6.06. The highest BCUT2D eigenvalue weighted by Gasteiger charge is 2.24. The van der Waals surface area contributed by atoms with Crippen LogP contribution in [0, 0.1) is 25.5 Å². The van der Waals surface area contributed by atoms with Gasteiger partial charge in [-0.15, -0.1) is 0 Å². The summed E-state index contributed by atoms with van der Waals surface area (Å²) in [5.41, 5.74) is 0.628. The lowest BCUT2D eigenvalue weighted by molar-refractivity contribution is -0.121. The van der Waals surface area contributed by atoms with Gasteiger partial charge in [0.15, 0.2) is 0 Å². The average Bonchev–Trinajstić information content (AvgIpc) is 2.59. The predicted molar refractivity (Wildman–Crippen MR) is 99.2 cm³/mol. The van der Waals surface area contributed by atoms with Crippen molar-refractivity contribution in [3.05, 3.63) is 57.3 Å². The van der Waals surface area contributed by atoms with Crippen molar-refractivity contribution in [3.63, 3.8) is 0 Å². The molecule has 1 aromatic heterocycles. The lowest BCUT2D eigenvalue weighted by Crippen LogP contribution is -2.41. The van der Waals surface area contributed by atoms with Crippen molar-refractivity contribution in [1.82, 2.24) is 15.3 Å². The number of carbonyl (C=O) groups is 1. The molecule has 0 spiro atoms. The minimum atomic E-state index is -0.674. The van der Waals surface area contributed by atoms with Crippen molar-refractivity contribution in [2.75, 3.05) is 0 Å². The van der Waals surface area contributed by atoms with E-state index < -0.39 is 11.6 Å². The highest BCUT2D eigenvalue weighted by Crippen LogP contribution is 2.25. The number of carbonyl (C=O) groups excluding carboxylic acids is 1. The number of rotatable bonds is 5. The Hall–Kier alpha value is -2.77. The van der Waals surface area contributed by atoms with E-state index in [1.165, 1.54) is 0 Å². The second kappa shape index (κ2) is 8.50. The van der Waals surface area contributed by atoms with Gasteiger partial charge >= 0.3 is 0 Å². The van der Waals surface area contributed by atoms with Gasteiger partial charge in [0.25, 0.3) is 5.56 Å². The molecule has 0 aliphatic heterocycles. The minimum absolute atomic E-state index is 0.0191. The molecule has 2 aromatic rings. The number of benzene rings is 1. The molecule has 1 heterocycles. The Bertz CT molecular complexity index is 901. The van der Waals surface area contributed by atoms with E-state index in [-0.39, 0.29) is 35.8 Å². The third-order valence-electron chi connectivity index (χ3n) is 4.86. The SMILES string of the molecule is Cc1nc(C)c(CC(=O)NC2CCC(Oc3cc(F)cc(F)c3)CC2)c(=O)[nH]1. The Morgan fingerprint density at radius 2 is 1.82 bits per heavy atom. The molecule has 2 N–H and O–H groups in total. The Labute approximate surface area is 161 Å². The van der Waals surface area contributed by atoms with Crippen LogP contribution in [0.1, 0.15) is 42.8 Å². The number of aryl methyl sites for hydroxylation is 2. The van der Waals surface area contributed by atoms with Gasteiger partial charge in [0.05, 0.1) is 12.5 Å². The number of nitrogens with zero attached hydrogens (tertiary/aromatic N) is 1. The van der Waals surface area contributed by atoms with E-state index in [1.807, 2.05) is 0 Å². The van der Waals surface area contributed by atoms with Gasteiger partial charge in [0.2, 0.25) is 5.91 Å². The second-order valence-corrected chi connectivity index (χ2v) is 7.16. The average molecular weight is 391 g/mol. The molecular weight excluding hydrogens is 368 g/mol. The Morgan fingerprint density at radius 3 is 2.43 bits per heavy atom. The first-order valence-electron chi connectivity index (χ1n) is 9.28. The maximum atomic E-state index is 13.2. The zero-order valence-electron chi connectivity index (χ0n) is 15.9. The van der Waals surface area contributed by atoms with Crippen LogP contribution in [0.2, 0.25) is 0 Å². The van der Waals surface area contributed by atoms with Crippen molar-refractivity contribution < 1.29 is 18.3 Å². The van der Waals surface area contributed by atoms with Crippen LogP contribution in [-0.2, 0) is 11.2 Å². The van der Waals surface area contributed by atoms with Crippen LogP contribution >= 0.6 is 0 Å². The Balaban J connectivity index is 1.50. The van der Waals surface area contributed by atoms with Crippen LogP contribution in [0.3, 0.4) is 0 Å². The van der Waals surface area contributed by atoms with Gasteiger partial charge in [-0.3, -0.25) is 9.59 Å². The molecule has 6 nitrogen and oxygen atoms in total. The molecule has 1 aliphatic rings. The normalized spacial score (nSPS) is 19.3.